The Kier molecular flexibility index (Phi) is 4.01. The van der Waals surface area contributed by atoms with Crippen molar-refractivity contribution >= 4 is 5.97 Å². The van der Waals surface area contributed by atoms with E-state index in [4.69, 9.17) is 4.74 Å². The summed E-state index contributed by atoms with van der Waals surface area (Å²) >= 11 is 0. The van der Waals surface area contributed by atoms with E-state index in [1.54, 1.807) is 12.1 Å². The lowest BCUT2D eigenvalue weighted by Gasteiger charge is -2.04. The van der Waals surface area contributed by atoms with Crippen LogP contribution in [0.2, 0.25) is 0 Å². The highest BCUT2D eigenvalue weighted by Gasteiger charge is 2.05. The quantitative estimate of drug-likeness (QED) is 0.692. The first kappa shape index (κ1) is 14.1. The summed E-state index contributed by atoms with van der Waals surface area (Å²) in [4.78, 5) is 15.8. The van der Waals surface area contributed by atoms with Gasteiger partial charge in [0.05, 0.1) is 24.7 Å². The minimum Gasteiger partial charge on any atom is -0.465 e. The molecule has 0 aliphatic carbocycles. The third-order valence-corrected chi connectivity index (χ3v) is 3.44. The Balaban J connectivity index is 1.74. The molecular formula is C18H16N2O2. The van der Waals surface area contributed by atoms with E-state index in [9.17, 15) is 4.79 Å². The molecule has 0 atom stereocenters. The average Bonchev–Trinajstić information content (AvgIpc) is 3.04. The lowest BCUT2D eigenvalue weighted by atomic mass is 10.1. The third-order valence-electron chi connectivity index (χ3n) is 3.44. The van der Waals surface area contributed by atoms with Crippen molar-refractivity contribution in [1.82, 2.24) is 9.55 Å². The monoisotopic (exact) mass is 292 g/mol. The molecule has 4 heteroatoms. The van der Waals surface area contributed by atoms with Gasteiger partial charge in [-0.05, 0) is 17.7 Å². The van der Waals surface area contributed by atoms with Crippen LogP contribution in [0.3, 0.4) is 0 Å². The van der Waals surface area contributed by atoms with Gasteiger partial charge in [-0.3, -0.25) is 0 Å². The number of rotatable bonds is 4. The van der Waals surface area contributed by atoms with Gasteiger partial charge in [0.1, 0.15) is 0 Å². The van der Waals surface area contributed by atoms with E-state index in [0.717, 1.165) is 16.8 Å². The highest BCUT2D eigenvalue weighted by atomic mass is 16.5. The minimum absolute atomic E-state index is 0.319. The van der Waals surface area contributed by atoms with Crippen molar-refractivity contribution in [3.63, 3.8) is 0 Å². The fourth-order valence-electron chi connectivity index (χ4n) is 2.28. The molecule has 110 valence electrons. The molecule has 0 aliphatic rings. The van der Waals surface area contributed by atoms with Gasteiger partial charge in [-0.1, -0.05) is 42.5 Å². The van der Waals surface area contributed by atoms with Crippen LogP contribution < -0.4 is 0 Å². The second-order valence-corrected chi connectivity index (χ2v) is 4.99. The summed E-state index contributed by atoms with van der Waals surface area (Å²) in [7, 11) is 1.38. The molecule has 22 heavy (non-hydrogen) atoms. The summed E-state index contributed by atoms with van der Waals surface area (Å²) < 4.78 is 6.72. The number of nitrogens with zero attached hydrogens (tertiary/aromatic N) is 2. The van der Waals surface area contributed by atoms with Crippen LogP contribution in [-0.2, 0) is 11.3 Å². The summed E-state index contributed by atoms with van der Waals surface area (Å²) in [5, 5.41) is 0. The predicted octanol–water partition coefficient (Wildman–Crippen LogP) is 3.39. The predicted molar refractivity (Wildman–Crippen MR) is 84.5 cm³/mol. The summed E-state index contributed by atoms with van der Waals surface area (Å²) in [5.41, 5.74) is 3.71. The molecule has 1 aromatic heterocycles. The standard InChI is InChI=1S/C18H16N2O2/c1-22-18(21)16-9-7-14(8-10-16)11-20-12-17(19-13-20)15-5-3-2-4-6-15/h2-10,12-13H,11H2,1H3. The van der Waals surface area contributed by atoms with Crippen LogP contribution in [0, 0.1) is 0 Å². The Labute approximate surface area is 129 Å². The lowest BCUT2D eigenvalue weighted by Crippen LogP contribution is -2.02. The lowest BCUT2D eigenvalue weighted by molar-refractivity contribution is 0.0600. The van der Waals surface area contributed by atoms with Gasteiger partial charge in [-0.15, -0.1) is 0 Å². The fraction of sp³-hybridized carbons (Fsp3) is 0.111. The SMILES string of the molecule is COC(=O)c1ccc(Cn2cnc(-c3ccccc3)c2)cc1. The van der Waals surface area contributed by atoms with Crippen LogP contribution in [0.15, 0.2) is 67.1 Å². The van der Waals surface area contributed by atoms with Crippen molar-refractivity contribution in [3.8, 4) is 11.3 Å². The van der Waals surface area contributed by atoms with Crippen LogP contribution in [-0.4, -0.2) is 22.6 Å². The van der Waals surface area contributed by atoms with Crippen molar-refractivity contribution in [3.05, 3.63) is 78.2 Å². The Morgan fingerprint density at radius 1 is 1.09 bits per heavy atom. The zero-order valence-electron chi connectivity index (χ0n) is 12.3. The van der Waals surface area contributed by atoms with Crippen molar-refractivity contribution in [2.24, 2.45) is 0 Å². The van der Waals surface area contributed by atoms with Gasteiger partial charge in [0.25, 0.3) is 0 Å². The van der Waals surface area contributed by atoms with Gasteiger partial charge in [-0.2, -0.15) is 0 Å². The first-order chi connectivity index (χ1) is 10.8. The molecule has 4 nitrogen and oxygen atoms in total. The van der Waals surface area contributed by atoms with Gasteiger partial charge < -0.3 is 9.30 Å². The molecule has 1 heterocycles. The molecule has 0 saturated heterocycles. The average molecular weight is 292 g/mol. The van der Waals surface area contributed by atoms with Gasteiger partial charge >= 0.3 is 5.97 Å². The number of hydrogen-bond donors (Lipinski definition) is 0. The van der Waals surface area contributed by atoms with Crippen LogP contribution in [0.4, 0.5) is 0 Å². The number of carbonyl (C=O) groups excluding carboxylic acids is 1. The minimum atomic E-state index is -0.319. The van der Waals surface area contributed by atoms with E-state index in [1.807, 2.05) is 59.6 Å². The summed E-state index contributed by atoms with van der Waals surface area (Å²) in [6.07, 6.45) is 3.83. The molecular weight excluding hydrogens is 276 g/mol. The normalized spacial score (nSPS) is 10.4. The molecule has 0 bridgehead atoms. The fourth-order valence-corrected chi connectivity index (χ4v) is 2.28. The highest BCUT2D eigenvalue weighted by Crippen LogP contribution is 2.16. The summed E-state index contributed by atoms with van der Waals surface area (Å²) in [6, 6.07) is 17.5. The molecule has 0 saturated carbocycles. The zero-order chi connectivity index (χ0) is 15.4. The Morgan fingerprint density at radius 2 is 1.82 bits per heavy atom. The molecule has 0 N–H and O–H groups in total. The van der Waals surface area contributed by atoms with E-state index in [0.29, 0.717) is 12.1 Å². The Morgan fingerprint density at radius 3 is 2.50 bits per heavy atom. The number of imidazole rings is 1. The van der Waals surface area contributed by atoms with Crippen molar-refractivity contribution in [2.45, 2.75) is 6.54 Å². The van der Waals surface area contributed by atoms with Gasteiger partial charge in [-0.25, -0.2) is 9.78 Å². The molecule has 0 radical (unpaired) electrons. The summed E-state index contributed by atoms with van der Waals surface area (Å²) in [5.74, 6) is -0.319. The number of benzene rings is 2. The third kappa shape index (κ3) is 3.06. The molecule has 0 amide bonds. The number of methoxy groups -OCH3 is 1. The highest BCUT2D eigenvalue weighted by molar-refractivity contribution is 5.89. The zero-order valence-corrected chi connectivity index (χ0v) is 12.3. The van der Waals surface area contributed by atoms with E-state index in [2.05, 4.69) is 4.98 Å². The van der Waals surface area contributed by atoms with Crippen LogP contribution in [0.5, 0.6) is 0 Å². The number of hydrogen-bond acceptors (Lipinski definition) is 3. The second kappa shape index (κ2) is 6.26. The van der Waals surface area contributed by atoms with Crippen LogP contribution in [0.1, 0.15) is 15.9 Å². The maximum absolute atomic E-state index is 11.4. The van der Waals surface area contributed by atoms with E-state index in [1.165, 1.54) is 7.11 Å². The first-order valence-electron chi connectivity index (χ1n) is 7.01. The van der Waals surface area contributed by atoms with E-state index >= 15 is 0 Å². The Bertz CT molecular complexity index is 761. The molecule has 0 unspecified atom stereocenters. The van der Waals surface area contributed by atoms with Crippen molar-refractivity contribution in [1.29, 1.82) is 0 Å². The van der Waals surface area contributed by atoms with Crippen LogP contribution >= 0.6 is 0 Å². The van der Waals surface area contributed by atoms with E-state index in [-0.39, 0.29) is 5.97 Å². The van der Waals surface area contributed by atoms with Gasteiger partial charge in [0.2, 0.25) is 0 Å². The maximum Gasteiger partial charge on any atom is 0.337 e. The van der Waals surface area contributed by atoms with E-state index < -0.39 is 0 Å². The van der Waals surface area contributed by atoms with Crippen molar-refractivity contribution < 1.29 is 9.53 Å². The molecule has 0 spiro atoms. The smallest absolute Gasteiger partial charge is 0.337 e. The van der Waals surface area contributed by atoms with Crippen molar-refractivity contribution in [2.75, 3.05) is 7.11 Å². The molecule has 0 aliphatic heterocycles. The topological polar surface area (TPSA) is 44.1 Å². The molecule has 3 rings (SSSR count). The maximum atomic E-state index is 11.4. The molecule has 3 aromatic rings. The second-order valence-electron chi connectivity index (χ2n) is 4.99. The number of aromatic nitrogens is 2. The van der Waals surface area contributed by atoms with Gasteiger partial charge in [0.15, 0.2) is 0 Å². The number of esters is 1. The van der Waals surface area contributed by atoms with Gasteiger partial charge in [0, 0.05) is 18.3 Å². The first-order valence-corrected chi connectivity index (χ1v) is 7.01. The van der Waals surface area contributed by atoms with Crippen LogP contribution in [0.25, 0.3) is 11.3 Å². The number of ether oxygens (including phenoxy) is 1. The molecule has 0 fully saturated rings. The largest absolute Gasteiger partial charge is 0.465 e. The Hall–Kier alpha value is -2.88. The summed E-state index contributed by atoms with van der Waals surface area (Å²) in [6.45, 7) is 0.710. The number of carbonyl (C=O) groups is 1. The molecule has 2 aromatic carbocycles.